The van der Waals surface area contributed by atoms with Gasteiger partial charge in [0, 0.05) is 0 Å². The van der Waals surface area contributed by atoms with Crippen molar-refractivity contribution in [2.45, 2.75) is 0 Å². The number of halogens is 1. The SMILES string of the molecule is COCCO[Te](F)(OCCOC)(OCCOC)(OCCOC)OCCOC. The molecule has 0 aliphatic heterocycles. The van der Waals surface area contributed by atoms with Gasteiger partial charge in [-0.25, -0.2) is 0 Å². The van der Waals surface area contributed by atoms with E-state index in [2.05, 4.69) is 0 Å². The van der Waals surface area contributed by atoms with E-state index in [1.54, 1.807) is 0 Å². The first-order valence-electron chi connectivity index (χ1n) is 8.42. The molecule has 0 saturated heterocycles. The van der Waals surface area contributed by atoms with Gasteiger partial charge in [0.05, 0.1) is 0 Å². The average Bonchev–Trinajstić information content (AvgIpc) is 2.64. The van der Waals surface area contributed by atoms with Crippen molar-refractivity contribution in [2.75, 3.05) is 102 Å². The molecule has 0 rings (SSSR count). The number of methoxy groups -OCH3 is 5. The van der Waals surface area contributed by atoms with Gasteiger partial charge in [-0.05, 0) is 0 Å². The molecule has 168 valence electrons. The zero-order valence-corrected chi connectivity index (χ0v) is 19.3. The Bertz CT molecular complexity index is 304. The molecule has 12 heteroatoms. The van der Waals surface area contributed by atoms with Crippen LogP contribution < -0.4 is 0 Å². The number of hydrogen-bond acceptors (Lipinski definition) is 10. The Kier molecular flexibility index (Phi) is 13.7. The summed E-state index contributed by atoms with van der Waals surface area (Å²) < 4.78 is 69.3. The van der Waals surface area contributed by atoms with Crippen LogP contribution in [0, 0.1) is 0 Å². The zero-order chi connectivity index (χ0) is 20.6. The molecular weight excluding hydrogens is 487 g/mol. The van der Waals surface area contributed by atoms with Crippen LogP contribution in [0.1, 0.15) is 0 Å². The molecule has 0 bridgehead atoms. The summed E-state index contributed by atoms with van der Waals surface area (Å²) in [4.78, 5) is 0. The summed E-state index contributed by atoms with van der Waals surface area (Å²) in [7, 11) is 7.25. The normalized spacial score (nSPS) is 14.9. The van der Waals surface area contributed by atoms with Crippen LogP contribution >= 0.6 is 0 Å². The van der Waals surface area contributed by atoms with Crippen LogP contribution in [0.3, 0.4) is 0 Å². The summed E-state index contributed by atoms with van der Waals surface area (Å²) in [6, 6.07) is 0. The molecule has 0 heterocycles. The second-order valence-corrected chi connectivity index (χ2v) is 14.1. The second-order valence-electron chi connectivity index (χ2n) is 5.07. The molecule has 0 aliphatic rings. The van der Waals surface area contributed by atoms with Crippen LogP contribution in [-0.2, 0) is 39.2 Å². The maximum absolute atomic E-state index is 17.0. The van der Waals surface area contributed by atoms with Crippen LogP contribution in [0.15, 0.2) is 0 Å². The topological polar surface area (TPSA) is 92.3 Å². The van der Waals surface area contributed by atoms with Crippen LogP contribution in [0.2, 0.25) is 0 Å². The van der Waals surface area contributed by atoms with Crippen molar-refractivity contribution in [1.82, 2.24) is 0 Å². The van der Waals surface area contributed by atoms with Crippen LogP contribution in [0.4, 0.5) is 2.89 Å². The fourth-order valence-corrected chi connectivity index (χ4v) is 9.46. The zero-order valence-electron chi connectivity index (χ0n) is 16.9. The third kappa shape index (κ3) is 9.58. The van der Waals surface area contributed by atoms with Gasteiger partial charge in [-0.1, -0.05) is 0 Å². The van der Waals surface area contributed by atoms with E-state index in [4.69, 9.17) is 39.2 Å². The summed E-state index contributed by atoms with van der Waals surface area (Å²) >= 11 is -7.44. The Labute approximate surface area is 162 Å². The molecule has 0 aromatic carbocycles. The molecule has 0 amide bonds. The van der Waals surface area contributed by atoms with E-state index >= 15 is 2.89 Å². The Morgan fingerprint density at radius 3 is 0.741 bits per heavy atom. The van der Waals surface area contributed by atoms with Gasteiger partial charge >= 0.3 is 162 Å². The van der Waals surface area contributed by atoms with E-state index in [-0.39, 0.29) is 66.1 Å². The molecule has 0 saturated carbocycles. The molecule has 0 aliphatic carbocycles. The third-order valence-corrected chi connectivity index (χ3v) is 12.2. The van der Waals surface area contributed by atoms with Crippen molar-refractivity contribution in [3.05, 3.63) is 0 Å². The fourth-order valence-electron chi connectivity index (χ4n) is 1.76. The summed E-state index contributed by atoms with van der Waals surface area (Å²) in [6.07, 6.45) is 0. The van der Waals surface area contributed by atoms with Crippen LogP contribution in [0.5, 0.6) is 0 Å². The van der Waals surface area contributed by atoms with E-state index in [1.165, 1.54) is 35.5 Å². The number of hydrogen-bond donors (Lipinski definition) is 0. The van der Waals surface area contributed by atoms with Crippen LogP contribution in [0.25, 0.3) is 0 Å². The first kappa shape index (κ1) is 27.3. The minimum absolute atomic E-state index is 0.0659. The summed E-state index contributed by atoms with van der Waals surface area (Å²) in [6.45, 7) is -0.790. The van der Waals surface area contributed by atoms with E-state index < -0.39 is 18.1 Å². The van der Waals surface area contributed by atoms with Crippen molar-refractivity contribution in [3.63, 3.8) is 0 Å². The predicted octanol–water partition coefficient (Wildman–Crippen LogP) is 0.608. The van der Waals surface area contributed by atoms with E-state index in [0.29, 0.717) is 0 Å². The Morgan fingerprint density at radius 1 is 0.407 bits per heavy atom. The van der Waals surface area contributed by atoms with Crippen molar-refractivity contribution < 1.29 is 42.1 Å². The van der Waals surface area contributed by atoms with Crippen molar-refractivity contribution in [2.24, 2.45) is 0 Å². The van der Waals surface area contributed by atoms with Gasteiger partial charge in [0.1, 0.15) is 0 Å². The van der Waals surface area contributed by atoms with Gasteiger partial charge in [0.2, 0.25) is 0 Å². The molecule has 0 N–H and O–H groups in total. The summed E-state index contributed by atoms with van der Waals surface area (Å²) in [5.41, 5.74) is 0. The quantitative estimate of drug-likeness (QED) is 0.167. The second kappa shape index (κ2) is 13.5. The van der Waals surface area contributed by atoms with Gasteiger partial charge < -0.3 is 0 Å². The molecule has 0 aromatic rings. The molecule has 0 radical (unpaired) electrons. The van der Waals surface area contributed by atoms with E-state index in [9.17, 15) is 0 Å². The average molecular weight is 522 g/mol. The molecular formula is C15H35FO10Te. The van der Waals surface area contributed by atoms with Gasteiger partial charge in [-0.15, -0.1) is 0 Å². The van der Waals surface area contributed by atoms with Crippen molar-refractivity contribution >= 4 is 18.1 Å². The minimum atomic E-state index is -7.44. The predicted molar refractivity (Wildman–Crippen MR) is 96.0 cm³/mol. The van der Waals surface area contributed by atoms with Crippen molar-refractivity contribution in [1.29, 1.82) is 0 Å². The summed E-state index contributed by atoms with van der Waals surface area (Å²) in [5.74, 6) is 0. The Morgan fingerprint density at radius 2 is 0.593 bits per heavy atom. The van der Waals surface area contributed by atoms with Gasteiger partial charge in [-0.2, -0.15) is 0 Å². The van der Waals surface area contributed by atoms with Gasteiger partial charge in [0.25, 0.3) is 0 Å². The van der Waals surface area contributed by atoms with Crippen molar-refractivity contribution in [3.8, 4) is 0 Å². The van der Waals surface area contributed by atoms with Gasteiger partial charge in [0.15, 0.2) is 0 Å². The van der Waals surface area contributed by atoms with Gasteiger partial charge in [-0.3, -0.25) is 0 Å². The maximum atomic E-state index is 17.0. The van der Waals surface area contributed by atoms with E-state index in [1.807, 2.05) is 0 Å². The Hall–Kier alpha value is 0.320. The fraction of sp³-hybridized carbons (Fsp3) is 1.00. The van der Waals surface area contributed by atoms with E-state index in [0.717, 1.165) is 0 Å². The molecule has 0 atom stereocenters. The molecule has 10 nitrogen and oxygen atoms in total. The number of ether oxygens (including phenoxy) is 5. The molecule has 27 heavy (non-hydrogen) atoms. The Balaban J connectivity index is 5.86. The van der Waals surface area contributed by atoms with Crippen LogP contribution in [-0.4, -0.2) is 120 Å². The third-order valence-electron chi connectivity index (χ3n) is 3.04. The monoisotopic (exact) mass is 524 g/mol. The molecule has 0 spiro atoms. The first-order chi connectivity index (χ1) is 12.9. The summed E-state index contributed by atoms with van der Waals surface area (Å²) in [5, 5.41) is 0. The first-order valence-corrected chi connectivity index (χ1v) is 14.1. The molecule has 0 fully saturated rings. The molecule has 0 aromatic heterocycles. The molecule has 0 unspecified atom stereocenters. The standard InChI is InChI=1S/C15H35FO10Te/c1-17-6-11-22-27(16,23-12-7-18-2,24-13-8-19-3,25-14-9-20-4)26-15-10-21-5/h6-15H2,1-5H3. The number of rotatable bonds is 20.